The van der Waals surface area contributed by atoms with Crippen LogP contribution in [-0.2, 0) is 9.68 Å². The van der Waals surface area contributed by atoms with Crippen molar-refractivity contribution in [1.29, 1.82) is 0 Å². The maximum atomic E-state index is 11.6. The van der Waals surface area contributed by atoms with Gasteiger partial charge in [0.25, 0.3) is 0 Å². The van der Waals surface area contributed by atoms with Crippen LogP contribution in [0.2, 0.25) is 0 Å². The average Bonchev–Trinajstić information content (AvgIpc) is 2.70. The van der Waals surface area contributed by atoms with E-state index in [1.807, 2.05) is 18.2 Å². The zero-order valence-corrected chi connectivity index (χ0v) is 22.6. The van der Waals surface area contributed by atoms with Gasteiger partial charge >= 0.3 is 23.3 Å². The fourth-order valence-electron chi connectivity index (χ4n) is 3.25. The molecule has 0 fully saturated rings. The molecule has 0 aromatic heterocycles. The maximum Gasteiger partial charge on any atom is 3.00 e. The molecule has 0 heterocycles. The molecule has 0 radical (unpaired) electrons. The Labute approximate surface area is 220 Å². The van der Waals surface area contributed by atoms with Crippen LogP contribution in [0.4, 0.5) is 0 Å². The van der Waals surface area contributed by atoms with Gasteiger partial charge in [0, 0.05) is 0 Å². The largest absolute Gasteiger partial charge is 3.00 e. The molecule has 0 aliphatic carbocycles. The average molecular weight is 510 g/mol. The molecule has 3 nitrogen and oxygen atoms in total. The predicted molar refractivity (Wildman–Crippen MR) is 118 cm³/mol. The van der Waals surface area contributed by atoms with E-state index in [0.717, 1.165) is 12.8 Å². The molecule has 0 atom stereocenters. The normalized spacial score (nSPS) is 9.32. The third-order valence-electron chi connectivity index (χ3n) is 4.96. The summed E-state index contributed by atoms with van der Waals surface area (Å²) in [6.07, 6.45) is 20.3. The number of hydrogen-bond donors (Lipinski definition) is 0. The summed E-state index contributed by atoms with van der Waals surface area (Å²) in [4.78, 5) is 21.4. The van der Waals surface area contributed by atoms with Gasteiger partial charge in [-0.3, -0.25) is 9.78 Å². The van der Waals surface area contributed by atoms with Gasteiger partial charge in [-0.1, -0.05) is 115 Å². The fraction of sp³-hybridized carbons (Fsp3) is 0.708. The number of carbonyl (C=O) groups excluding carboxylic acids is 1. The number of halogens is 3. The second-order valence-corrected chi connectivity index (χ2v) is 7.55. The SMILES string of the molecule is CCCCCCCCCCCCCCCCCC(=O)OOc1ccccc1.[Al+3].[Cl-].[Cl-].[Cl-]. The minimum Gasteiger partial charge on any atom is -1.00 e. The molecule has 31 heavy (non-hydrogen) atoms. The maximum absolute atomic E-state index is 11.6. The van der Waals surface area contributed by atoms with E-state index >= 15 is 0 Å². The van der Waals surface area contributed by atoms with Gasteiger partial charge in [0.15, 0.2) is 5.75 Å². The van der Waals surface area contributed by atoms with Crippen molar-refractivity contribution in [2.24, 2.45) is 0 Å². The zero-order chi connectivity index (χ0) is 19.4. The molecular formula is C24H40AlCl3O3. The van der Waals surface area contributed by atoms with Crippen LogP contribution in [0.5, 0.6) is 5.75 Å². The molecule has 0 spiro atoms. The molecular weight excluding hydrogens is 470 g/mol. The van der Waals surface area contributed by atoms with E-state index in [9.17, 15) is 4.79 Å². The second kappa shape index (κ2) is 29.9. The van der Waals surface area contributed by atoms with E-state index in [4.69, 9.17) is 9.78 Å². The number of para-hydroxylation sites is 1. The number of unbranched alkanes of at least 4 members (excludes halogenated alkanes) is 14. The topological polar surface area (TPSA) is 35.5 Å². The minimum atomic E-state index is -0.284. The van der Waals surface area contributed by atoms with Gasteiger partial charge in [0.05, 0.1) is 6.42 Å². The van der Waals surface area contributed by atoms with Crippen LogP contribution in [0.1, 0.15) is 110 Å². The van der Waals surface area contributed by atoms with Gasteiger partial charge < -0.3 is 37.2 Å². The Morgan fingerprint density at radius 2 is 1.03 bits per heavy atom. The van der Waals surface area contributed by atoms with Gasteiger partial charge in [-0.05, 0) is 18.6 Å². The summed E-state index contributed by atoms with van der Waals surface area (Å²) in [5, 5.41) is 0. The smallest absolute Gasteiger partial charge is 1.00 e. The molecule has 1 rings (SSSR count). The first kappa shape index (κ1) is 38.2. The van der Waals surface area contributed by atoms with Crippen LogP contribution < -0.4 is 42.1 Å². The van der Waals surface area contributed by atoms with Crippen molar-refractivity contribution >= 4 is 23.3 Å². The van der Waals surface area contributed by atoms with Crippen molar-refractivity contribution in [2.75, 3.05) is 0 Å². The van der Waals surface area contributed by atoms with Gasteiger partial charge in [-0.15, -0.1) is 0 Å². The molecule has 7 heteroatoms. The Hall–Kier alpha value is -0.108. The first-order chi connectivity index (χ1) is 13.3. The van der Waals surface area contributed by atoms with E-state index in [-0.39, 0.29) is 60.6 Å². The molecule has 1 aromatic rings. The third-order valence-corrected chi connectivity index (χ3v) is 4.96. The molecule has 0 N–H and O–H groups in total. The second-order valence-electron chi connectivity index (χ2n) is 7.55. The minimum absolute atomic E-state index is 0. The zero-order valence-electron chi connectivity index (χ0n) is 19.1. The van der Waals surface area contributed by atoms with Gasteiger partial charge in [-0.25, -0.2) is 4.79 Å². The van der Waals surface area contributed by atoms with Crippen molar-refractivity contribution in [3.05, 3.63) is 30.3 Å². The third kappa shape index (κ3) is 26.0. The molecule has 0 unspecified atom stereocenters. The molecule has 0 amide bonds. The summed E-state index contributed by atoms with van der Waals surface area (Å²) >= 11 is 0. The first-order valence-electron chi connectivity index (χ1n) is 11.3. The van der Waals surface area contributed by atoms with Crippen molar-refractivity contribution < 1.29 is 51.8 Å². The summed E-state index contributed by atoms with van der Waals surface area (Å²) in [5.41, 5.74) is 0. The Kier molecular flexibility index (Phi) is 36.8. The summed E-state index contributed by atoms with van der Waals surface area (Å²) < 4.78 is 0. The van der Waals surface area contributed by atoms with Gasteiger partial charge in [0.2, 0.25) is 0 Å². The van der Waals surface area contributed by atoms with Crippen LogP contribution in [0.25, 0.3) is 0 Å². The Morgan fingerprint density at radius 3 is 1.45 bits per heavy atom. The molecule has 0 aliphatic rings. The van der Waals surface area contributed by atoms with Crippen molar-refractivity contribution in [3.63, 3.8) is 0 Å². The molecule has 0 saturated heterocycles. The van der Waals surface area contributed by atoms with E-state index < -0.39 is 0 Å². The van der Waals surface area contributed by atoms with Crippen LogP contribution in [0, 0.1) is 0 Å². The first-order valence-corrected chi connectivity index (χ1v) is 11.3. The van der Waals surface area contributed by atoms with Gasteiger partial charge in [-0.2, -0.15) is 0 Å². The fourth-order valence-corrected chi connectivity index (χ4v) is 3.25. The van der Waals surface area contributed by atoms with Crippen LogP contribution >= 0.6 is 0 Å². The summed E-state index contributed by atoms with van der Waals surface area (Å²) in [6.45, 7) is 2.27. The number of hydrogen-bond acceptors (Lipinski definition) is 3. The monoisotopic (exact) mass is 508 g/mol. The quantitative estimate of drug-likeness (QED) is 0.104. The van der Waals surface area contributed by atoms with Crippen molar-refractivity contribution in [2.45, 2.75) is 110 Å². The van der Waals surface area contributed by atoms with Crippen LogP contribution in [-0.4, -0.2) is 23.3 Å². The summed E-state index contributed by atoms with van der Waals surface area (Å²) in [6, 6.07) is 9.11. The van der Waals surface area contributed by atoms with E-state index in [2.05, 4.69) is 6.92 Å². The van der Waals surface area contributed by atoms with E-state index in [1.165, 1.54) is 83.5 Å². The van der Waals surface area contributed by atoms with E-state index in [0.29, 0.717) is 12.2 Å². The summed E-state index contributed by atoms with van der Waals surface area (Å²) in [5.74, 6) is 0.274. The summed E-state index contributed by atoms with van der Waals surface area (Å²) in [7, 11) is 0. The number of rotatable bonds is 18. The van der Waals surface area contributed by atoms with Gasteiger partial charge in [0.1, 0.15) is 0 Å². The van der Waals surface area contributed by atoms with Crippen molar-refractivity contribution in [3.8, 4) is 5.75 Å². The number of benzene rings is 1. The molecule has 0 bridgehead atoms. The predicted octanol–water partition coefficient (Wildman–Crippen LogP) is -1.58. The molecule has 178 valence electrons. The van der Waals surface area contributed by atoms with Crippen molar-refractivity contribution in [1.82, 2.24) is 0 Å². The molecule has 0 aliphatic heterocycles. The standard InChI is InChI=1S/C24H40O3.Al.3ClH/c1-2-3-4-5-6-7-8-9-10-11-12-13-14-15-19-22-24(25)27-26-23-20-17-16-18-21-23;;;;/h16-18,20-21H,2-15,19,22H2,1H3;;3*1H/q;+3;;;/p-3. The van der Waals surface area contributed by atoms with Crippen LogP contribution in [0.3, 0.4) is 0 Å². The Bertz CT molecular complexity index is 465. The van der Waals surface area contributed by atoms with E-state index in [1.54, 1.807) is 12.1 Å². The van der Waals surface area contributed by atoms with Crippen LogP contribution in [0.15, 0.2) is 30.3 Å². The molecule has 1 aromatic carbocycles. The Morgan fingerprint density at radius 1 is 0.645 bits per heavy atom. The Balaban J connectivity index is -0.000000911. The molecule has 0 saturated carbocycles. The number of carbonyl (C=O) groups is 1.